The van der Waals surface area contributed by atoms with Gasteiger partial charge in [0.05, 0.1) is 9.82 Å². The molecule has 23 heavy (non-hydrogen) atoms. The van der Waals surface area contributed by atoms with Gasteiger partial charge in [-0.3, -0.25) is 10.1 Å². The highest BCUT2D eigenvalue weighted by Gasteiger charge is 2.31. The molecule has 1 saturated heterocycles. The van der Waals surface area contributed by atoms with Crippen LogP contribution in [0, 0.1) is 10.1 Å². The fourth-order valence-corrected chi connectivity index (χ4v) is 4.01. The molecule has 0 bridgehead atoms. The van der Waals surface area contributed by atoms with Crippen LogP contribution in [0.1, 0.15) is 12.8 Å². The van der Waals surface area contributed by atoms with E-state index in [2.05, 4.69) is 10.2 Å². The predicted molar refractivity (Wildman–Crippen MR) is 86.0 cm³/mol. The molecule has 2 fully saturated rings. The van der Waals surface area contributed by atoms with E-state index >= 15 is 0 Å². The zero-order valence-electron chi connectivity index (χ0n) is 12.9. The molecule has 8 nitrogen and oxygen atoms in total. The van der Waals surface area contributed by atoms with E-state index < -0.39 is 14.9 Å². The van der Waals surface area contributed by atoms with E-state index in [1.54, 1.807) is 0 Å². The largest absolute Gasteiger partial charge is 0.377 e. The molecule has 0 unspecified atom stereocenters. The van der Waals surface area contributed by atoms with Crippen molar-refractivity contribution in [1.82, 2.24) is 9.21 Å². The molecule has 0 radical (unpaired) electrons. The monoisotopic (exact) mass is 340 g/mol. The third-order valence-electron chi connectivity index (χ3n) is 4.20. The third kappa shape index (κ3) is 3.46. The van der Waals surface area contributed by atoms with E-state index in [-0.39, 0.29) is 16.6 Å². The fourth-order valence-electron chi connectivity index (χ4n) is 2.57. The molecular weight excluding hydrogens is 320 g/mol. The van der Waals surface area contributed by atoms with Crippen molar-refractivity contribution in [3.8, 4) is 0 Å². The van der Waals surface area contributed by atoms with Crippen LogP contribution in [-0.4, -0.2) is 61.8 Å². The zero-order valence-corrected chi connectivity index (χ0v) is 13.8. The van der Waals surface area contributed by atoms with Gasteiger partial charge in [0.1, 0.15) is 5.69 Å². The summed E-state index contributed by atoms with van der Waals surface area (Å²) in [7, 11) is -1.76. The number of benzene rings is 1. The van der Waals surface area contributed by atoms with Gasteiger partial charge in [0.25, 0.3) is 5.69 Å². The lowest BCUT2D eigenvalue weighted by molar-refractivity contribution is -0.384. The first-order chi connectivity index (χ1) is 10.9. The maximum atomic E-state index is 12.7. The quantitative estimate of drug-likeness (QED) is 0.637. The first-order valence-corrected chi connectivity index (χ1v) is 9.05. The van der Waals surface area contributed by atoms with E-state index in [9.17, 15) is 18.5 Å². The SMILES string of the molecule is CN1CCN(S(=O)(=O)c2ccc(NC3CC3)c([N+](=O)[O-])c2)CC1. The highest BCUT2D eigenvalue weighted by Crippen LogP contribution is 2.33. The summed E-state index contributed by atoms with van der Waals surface area (Å²) in [6.45, 7) is 2.11. The lowest BCUT2D eigenvalue weighted by Crippen LogP contribution is -2.47. The van der Waals surface area contributed by atoms with E-state index in [0.29, 0.717) is 31.9 Å². The van der Waals surface area contributed by atoms with E-state index in [4.69, 9.17) is 0 Å². The van der Waals surface area contributed by atoms with Crippen LogP contribution in [0.25, 0.3) is 0 Å². The molecule has 1 aliphatic heterocycles. The summed E-state index contributed by atoms with van der Waals surface area (Å²) >= 11 is 0. The number of rotatable bonds is 5. The molecule has 0 aromatic heterocycles. The van der Waals surface area contributed by atoms with Gasteiger partial charge in [-0.05, 0) is 32.0 Å². The van der Waals surface area contributed by atoms with Crippen LogP contribution in [0.2, 0.25) is 0 Å². The number of nitro benzene ring substituents is 1. The Hall–Kier alpha value is -1.71. The minimum Gasteiger partial charge on any atom is -0.377 e. The average molecular weight is 340 g/mol. The molecule has 2 aliphatic rings. The summed E-state index contributed by atoms with van der Waals surface area (Å²) in [6.07, 6.45) is 1.97. The second kappa shape index (κ2) is 6.06. The Morgan fingerprint density at radius 2 is 1.87 bits per heavy atom. The molecular formula is C14H20N4O4S. The van der Waals surface area contributed by atoms with Crippen LogP contribution >= 0.6 is 0 Å². The van der Waals surface area contributed by atoms with Crippen molar-refractivity contribution in [2.24, 2.45) is 0 Å². The number of sulfonamides is 1. The third-order valence-corrected chi connectivity index (χ3v) is 6.10. The highest BCUT2D eigenvalue weighted by molar-refractivity contribution is 7.89. The van der Waals surface area contributed by atoms with E-state index in [0.717, 1.165) is 12.8 Å². The molecule has 1 saturated carbocycles. The van der Waals surface area contributed by atoms with Crippen molar-refractivity contribution in [3.05, 3.63) is 28.3 Å². The zero-order chi connectivity index (χ0) is 16.6. The number of hydrogen-bond donors (Lipinski definition) is 1. The molecule has 0 atom stereocenters. The first kappa shape index (κ1) is 16.2. The Morgan fingerprint density at radius 3 is 2.43 bits per heavy atom. The van der Waals surface area contributed by atoms with Gasteiger partial charge in [0.2, 0.25) is 10.0 Å². The fraction of sp³-hybridized carbons (Fsp3) is 0.571. The van der Waals surface area contributed by atoms with E-state index in [1.807, 2.05) is 7.05 Å². The Labute approximate surface area is 135 Å². The average Bonchev–Trinajstić information content (AvgIpc) is 3.31. The summed E-state index contributed by atoms with van der Waals surface area (Å²) in [5.74, 6) is 0. The van der Waals surface area contributed by atoms with Crippen LogP contribution in [0.4, 0.5) is 11.4 Å². The maximum Gasteiger partial charge on any atom is 0.293 e. The molecule has 1 N–H and O–H groups in total. The molecule has 1 aromatic rings. The number of anilines is 1. The number of piperazine rings is 1. The maximum absolute atomic E-state index is 12.7. The summed E-state index contributed by atoms with van der Waals surface area (Å²) in [5, 5.41) is 14.3. The molecule has 0 amide bonds. The van der Waals surface area contributed by atoms with E-state index in [1.165, 1.54) is 22.5 Å². The first-order valence-electron chi connectivity index (χ1n) is 7.61. The summed E-state index contributed by atoms with van der Waals surface area (Å²) in [6, 6.07) is 4.37. The van der Waals surface area contributed by atoms with Crippen LogP contribution in [0.5, 0.6) is 0 Å². The van der Waals surface area contributed by atoms with Crippen LogP contribution in [0.3, 0.4) is 0 Å². The summed E-state index contributed by atoms with van der Waals surface area (Å²) < 4.78 is 26.7. The second-order valence-electron chi connectivity index (χ2n) is 6.06. The minimum atomic E-state index is -3.70. The van der Waals surface area contributed by atoms with Gasteiger partial charge in [-0.25, -0.2) is 8.42 Å². The second-order valence-corrected chi connectivity index (χ2v) is 8.00. The van der Waals surface area contributed by atoms with Gasteiger partial charge in [0.15, 0.2) is 0 Å². The van der Waals surface area contributed by atoms with Gasteiger partial charge in [-0.2, -0.15) is 4.31 Å². The van der Waals surface area contributed by atoms with Crippen LogP contribution in [-0.2, 0) is 10.0 Å². The van der Waals surface area contributed by atoms with Crippen molar-refractivity contribution in [3.63, 3.8) is 0 Å². The smallest absolute Gasteiger partial charge is 0.293 e. The normalized spacial score (nSPS) is 20.4. The van der Waals surface area contributed by atoms with Gasteiger partial charge in [-0.15, -0.1) is 0 Å². The van der Waals surface area contributed by atoms with Crippen molar-refractivity contribution in [2.75, 3.05) is 38.5 Å². The predicted octanol–water partition coefficient (Wildman–Crippen LogP) is 1.11. The number of nitrogens with one attached hydrogen (secondary N) is 1. The number of nitrogens with zero attached hydrogens (tertiary/aromatic N) is 3. The van der Waals surface area contributed by atoms with Gasteiger partial charge >= 0.3 is 0 Å². The van der Waals surface area contributed by atoms with Crippen molar-refractivity contribution in [2.45, 2.75) is 23.8 Å². The standard InChI is InChI=1S/C14H20N4O4S/c1-16-6-8-17(9-7-16)23(21,22)12-4-5-13(15-11-2-3-11)14(10-12)18(19)20/h4-5,10-11,15H,2-3,6-9H2,1H3. The number of likely N-dealkylation sites (N-methyl/N-ethyl adjacent to an activating group) is 1. The highest BCUT2D eigenvalue weighted by atomic mass is 32.2. The summed E-state index contributed by atoms with van der Waals surface area (Å²) in [5.41, 5.74) is 0.196. The Kier molecular flexibility index (Phi) is 4.26. The van der Waals surface area contributed by atoms with Crippen molar-refractivity contribution >= 4 is 21.4 Å². The lowest BCUT2D eigenvalue weighted by Gasteiger charge is -2.31. The van der Waals surface area contributed by atoms with Crippen LogP contribution in [0.15, 0.2) is 23.1 Å². The van der Waals surface area contributed by atoms with Crippen molar-refractivity contribution in [1.29, 1.82) is 0 Å². The van der Waals surface area contributed by atoms with Gasteiger partial charge < -0.3 is 10.2 Å². The molecule has 126 valence electrons. The van der Waals surface area contributed by atoms with Gasteiger partial charge in [0, 0.05) is 38.3 Å². The lowest BCUT2D eigenvalue weighted by atomic mass is 10.2. The molecule has 9 heteroatoms. The molecule has 0 spiro atoms. The Morgan fingerprint density at radius 1 is 1.22 bits per heavy atom. The molecule has 1 aromatic carbocycles. The minimum absolute atomic E-state index is 0.0184. The molecule has 3 rings (SSSR count). The Bertz CT molecular complexity index is 709. The summed E-state index contributed by atoms with van der Waals surface area (Å²) in [4.78, 5) is 12.8. The Balaban J connectivity index is 1.89. The molecule has 1 heterocycles. The van der Waals surface area contributed by atoms with Crippen LogP contribution < -0.4 is 5.32 Å². The number of nitro groups is 1. The van der Waals surface area contributed by atoms with Gasteiger partial charge in [-0.1, -0.05) is 0 Å². The topological polar surface area (TPSA) is 95.8 Å². The van der Waals surface area contributed by atoms with Crippen molar-refractivity contribution < 1.29 is 13.3 Å². The number of hydrogen-bond acceptors (Lipinski definition) is 6. The molecule has 1 aliphatic carbocycles.